The molecule has 0 saturated heterocycles. The van der Waals surface area contributed by atoms with Crippen LogP contribution in [0, 0.1) is 5.92 Å². The van der Waals surface area contributed by atoms with Gasteiger partial charge in [-0.3, -0.25) is 9.59 Å². The van der Waals surface area contributed by atoms with Gasteiger partial charge in [0.1, 0.15) is 0 Å². The molecule has 1 rings (SSSR count). The Morgan fingerprint density at radius 3 is 2.30 bits per heavy atom. The standard InChI is InChI=1S/C17H25BrN2O3/c1-13(17(22)23-4)12-20(11-5-10-19(2)3)16(21)14-6-8-15(18)9-7-14/h6-9,13H,5,10-12H2,1-4H3. The first kappa shape index (κ1) is 19.6. The zero-order valence-corrected chi connectivity index (χ0v) is 15.8. The van der Waals surface area contributed by atoms with Crippen LogP contribution in [-0.2, 0) is 9.53 Å². The van der Waals surface area contributed by atoms with E-state index in [0.717, 1.165) is 17.4 Å². The average molecular weight is 385 g/mol. The Kier molecular flexibility index (Phi) is 8.26. The Labute approximate surface area is 146 Å². The van der Waals surface area contributed by atoms with E-state index >= 15 is 0 Å². The van der Waals surface area contributed by atoms with Gasteiger partial charge in [-0.15, -0.1) is 0 Å². The van der Waals surface area contributed by atoms with E-state index in [1.54, 1.807) is 24.0 Å². The lowest BCUT2D eigenvalue weighted by Gasteiger charge is -2.26. The number of hydrogen-bond acceptors (Lipinski definition) is 4. The van der Waals surface area contributed by atoms with Crippen LogP contribution in [0.15, 0.2) is 28.7 Å². The van der Waals surface area contributed by atoms with Crippen LogP contribution < -0.4 is 0 Å². The zero-order valence-electron chi connectivity index (χ0n) is 14.2. The highest BCUT2D eigenvalue weighted by Crippen LogP contribution is 2.14. The summed E-state index contributed by atoms with van der Waals surface area (Å²) in [7, 11) is 5.36. The minimum atomic E-state index is -0.348. The number of ether oxygens (including phenoxy) is 1. The van der Waals surface area contributed by atoms with Crippen LogP contribution >= 0.6 is 15.9 Å². The number of rotatable bonds is 8. The highest BCUT2D eigenvalue weighted by molar-refractivity contribution is 9.10. The van der Waals surface area contributed by atoms with E-state index in [4.69, 9.17) is 4.74 Å². The number of amides is 1. The SMILES string of the molecule is COC(=O)C(C)CN(CCCN(C)C)C(=O)c1ccc(Br)cc1. The maximum Gasteiger partial charge on any atom is 0.310 e. The molecule has 1 amide bonds. The normalized spacial score (nSPS) is 12.1. The zero-order chi connectivity index (χ0) is 17.4. The van der Waals surface area contributed by atoms with E-state index in [9.17, 15) is 9.59 Å². The predicted molar refractivity (Wildman–Crippen MR) is 94.4 cm³/mol. The van der Waals surface area contributed by atoms with Crippen molar-refractivity contribution in [2.45, 2.75) is 13.3 Å². The maximum absolute atomic E-state index is 12.7. The molecule has 1 aromatic carbocycles. The summed E-state index contributed by atoms with van der Waals surface area (Å²) in [6, 6.07) is 7.26. The number of methoxy groups -OCH3 is 1. The van der Waals surface area contributed by atoms with Gasteiger partial charge in [-0.05, 0) is 51.3 Å². The Morgan fingerprint density at radius 2 is 1.78 bits per heavy atom. The molecule has 23 heavy (non-hydrogen) atoms. The molecule has 0 saturated carbocycles. The molecule has 5 nitrogen and oxygen atoms in total. The summed E-state index contributed by atoms with van der Waals surface area (Å²) in [4.78, 5) is 28.2. The van der Waals surface area contributed by atoms with E-state index in [0.29, 0.717) is 18.7 Å². The Bertz CT molecular complexity index is 517. The van der Waals surface area contributed by atoms with E-state index < -0.39 is 0 Å². The fourth-order valence-electron chi connectivity index (χ4n) is 2.23. The van der Waals surface area contributed by atoms with Crippen molar-refractivity contribution in [2.75, 3.05) is 40.8 Å². The largest absolute Gasteiger partial charge is 0.469 e. The second-order valence-electron chi connectivity index (χ2n) is 5.84. The molecule has 1 unspecified atom stereocenters. The van der Waals surface area contributed by atoms with Gasteiger partial charge < -0.3 is 14.5 Å². The lowest BCUT2D eigenvalue weighted by atomic mass is 10.1. The fourth-order valence-corrected chi connectivity index (χ4v) is 2.50. The van der Waals surface area contributed by atoms with Gasteiger partial charge in [-0.1, -0.05) is 22.9 Å². The molecule has 1 atom stereocenters. The molecular weight excluding hydrogens is 360 g/mol. The van der Waals surface area contributed by atoms with Gasteiger partial charge in [0.05, 0.1) is 13.0 Å². The first-order chi connectivity index (χ1) is 10.8. The van der Waals surface area contributed by atoms with E-state index in [-0.39, 0.29) is 17.8 Å². The first-order valence-electron chi connectivity index (χ1n) is 7.62. The number of hydrogen-bond donors (Lipinski definition) is 0. The summed E-state index contributed by atoms with van der Waals surface area (Å²) >= 11 is 3.37. The number of nitrogens with zero attached hydrogens (tertiary/aromatic N) is 2. The molecule has 6 heteroatoms. The van der Waals surface area contributed by atoms with E-state index in [1.165, 1.54) is 7.11 Å². The van der Waals surface area contributed by atoms with Crippen molar-refractivity contribution in [3.05, 3.63) is 34.3 Å². The monoisotopic (exact) mass is 384 g/mol. The van der Waals surface area contributed by atoms with Crippen molar-refractivity contribution in [3.63, 3.8) is 0 Å². The van der Waals surface area contributed by atoms with Crippen molar-refractivity contribution in [3.8, 4) is 0 Å². The quantitative estimate of drug-likeness (QED) is 0.646. The highest BCUT2D eigenvalue weighted by atomic mass is 79.9. The number of carbonyl (C=O) groups is 2. The van der Waals surface area contributed by atoms with Gasteiger partial charge >= 0.3 is 5.97 Å². The van der Waals surface area contributed by atoms with Crippen molar-refractivity contribution in [2.24, 2.45) is 5.92 Å². The van der Waals surface area contributed by atoms with E-state index in [2.05, 4.69) is 20.8 Å². The molecule has 0 fully saturated rings. The predicted octanol–water partition coefficient (Wildman–Crippen LogP) is 2.65. The third-order valence-corrected chi connectivity index (χ3v) is 4.04. The van der Waals surface area contributed by atoms with Crippen LogP contribution in [0.5, 0.6) is 0 Å². The topological polar surface area (TPSA) is 49.9 Å². The summed E-state index contributed by atoms with van der Waals surface area (Å²) in [5, 5.41) is 0. The summed E-state index contributed by atoms with van der Waals surface area (Å²) in [5.74, 6) is -0.711. The third-order valence-electron chi connectivity index (χ3n) is 3.51. The minimum absolute atomic E-state index is 0.0630. The molecule has 0 N–H and O–H groups in total. The highest BCUT2D eigenvalue weighted by Gasteiger charge is 2.22. The molecule has 1 aromatic rings. The smallest absolute Gasteiger partial charge is 0.310 e. The molecular formula is C17H25BrN2O3. The second kappa shape index (κ2) is 9.67. The third kappa shape index (κ3) is 6.71. The molecule has 0 aliphatic rings. The summed E-state index contributed by atoms with van der Waals surface area (Å²) in [5.41, 5.74) is 0.620. The Hall–Kier alpha value is -1.40. The van der Waals surface area contributed by atoms with Crippen LogP contribution in [-0.4, -0.2) is 62.5 Å². The lowest BCUT2D eigenvalue weighted by Crippen LogP contribution is -2.38. The minimum Gasteiger partial charge on any atom is -0.469 e. The molecule has 0 aliphatic heterocycles. The van der Waals surface area contributed by atoms with Crippen LogP contribution in [0.25, 0.3) is 0 Å². The number of halogens is 1. The van der Waals surface area contributed by atoms with Gasteiger partial charge in [0.25, 0.3) is 5.91 Å². The molecule has 0 spiro atoms. The van der Waals surface area contributed by atoms with Crippen LogP contribution in [0.3, 0.4) is 0 Å². The molecule has 0 heterocycles. The van der Waals surface area contributed by atoms with Crippen LogP contribution in [0.2, 0.25) is 0 Å². The number of benzene rings is 1. The van der Waals surface area contributed by atoms with Gasteiger partial charge in [0, 0.05) is 23.1 Å². The first-order valence-corrected chi connectivity index (χ1v) is 8.41. The van der Waals surface area contributed by atoms with Crippen molar-refractivity contribution in [1.82, 2.24) is 9.80 Å². The molecule has 128 valence electrons. The van der Waals surface area contributed by atoms with Gasteiger partial charge in [-0.2, -0.15) is 0 Å². The Balaban J connectivity index is 2.81. The molecule has 0 radical (unpaired) electrons. The van der Waals surface area contributed by atoms with Gasteiger partial charge in [0.15, 0.2) is 0 Å². The Morgan fingerprint density at radius 1 is 1.17 bits per heavy atom. The van der Waals surface area contributed by atoms with Gasteiger partial charge in [-0.25, -0.2) is 0 Å². The average Bonchev–Trinajstić information content (AvgIpc) is 2.52. The van der Waals surface area contributed by atoms with Crippen molar-refractivity contribution < 1.29 is 14.3 Å². The summed E-state index contributed by atoms with van der Waals surface area (Å²) < 4.78 is 5.69. The van der Waals surface area contributed by atoms with Gasteiger partial charge in [0.2, 0.25) is 0 Å². The van der Waals surface area contributed by atoms with E-state index in [1.807, 2.05) is 26.2 Å². The number of carbonyl (C=O) groups excluding carboxylic acids is 2. The summed E-state index contributed by atoms with van der Waals surface area (Å²) in [6.45, 7) is 3.62. The molecule has 0 bridgehead atoms. The summed E-state index contributed by atoms with van der Waals surface area (Å²) in [6.07, 6.45) is 0.850. The van der Waals surface area contributed by atoms with Crippen LogP contribution in [0.4, 0.5) is 0 Å². The van der Waals surface area contributed by atoms with Crippen LogP contribution in [0.1, 0.15) is 23.7 Å². The van der Waals surface area contributed by atoms with Crippen molar-refractivity contribution in [1.29, 1.82) is 0 Å². The lowest BCUT2D eigenvalue weighted by molar-refractivity contribution is -0.145. The van der Waals surface area contributed by atoms with Crippen molar-refractivity contribution >= 4 is 27.8 Å². The number of esters is 1. The molecule has 0 aromatic heterocycles. The molecule has 0 aliphatic carbocycles. The maximum atomic E-state index is 12.7. The fraction of sp³-hybridized carbons (Fsp3) is 0.529. The second-order valence-corrected chi connectivity index (χ2v) is 6.75.